The predicted molar refractivity (Wildman–Crippen MR) is 34.6 cm³/mol. The van der Waals surface area contributed by atoms with Crippen LogP contribution in [0, 0.1) is 5.51 Å². The molecule has 1 radical (unpaired) electrons. The largest absolute Gasteiger partial charge is 0.289 e. The van der Waals surface area contributed by atoms with Crippen LogP contribution >= 0.6 is 11.3 Å². The molecule has 53 valence electrons. The predicted octanol–water partition coefficient (Wildman–Crippen LogP) is -0.00881. The van der Waals surface area contributed by atoms with E-state index in [2.05, 4.69) is 10.5 Å². The van der Waals surface area contributed by atoms with E-state index in [0.717, 1.165) is 0 Å². The van der Waals surface area contributed by atoms with Gasteiger partial charge in [0.1, 0.15) is 0 Å². The maximum absolute atomic E-state index is 10.5. The molecule has 0 bridgehead atoms. The van der Waals surface area contributed by atoms with E-state index in [9.17, 15) is 4.79 Å². The van der Waals surface area contributed by atoms with Crippen LogP contribution < -0.4 is 5.48 Å². The van der Waals surface area contributed by atoms with Crippen molar-refractivity contribution in [3.63, 3.8) is 0 Å². The van der Waals surface area contributed by atoms with Crippen LogP contribution in [0.1, 0.15) is 5.69 Å². The molecule has 5 heteroatoms. The molecule has 0 spiro atoms. The van der Waals surface area contributed by atoms with Crippen LogP contribution in [0.15, 0.2) is 5.38 Å². The molecule has 0 aromatic carbocycles. The summed E-state index contributed by atoms with van der Waals surface area (Å²) >= 11 is 1.29. The number of carbonyl (C=O) groups is 1. The van der Waals surface area contributed by atoms with Crippen molar-refractivity contribution in [3.05, 3.63) is 16.6 Å². The Labute approximate surface area is 61.5 Å². The second kappa shape index (κ2) is 3.28. The quantitative estimate of drug-likeness (QED) is 0.469. The molecule has 0 saturated carbocycles. The van der Waals surface area contributed by atoms with Gasteiger partial charge in [0, 0.05) is 5.38 Å². The highest BCUT2D eigenvalue weighted by Crippen LogP contribution is 1.99. The first-order valence-corrected chi connectivity index (χ1v) is 3.44. The van der Waals surface area contributed by atoms with Crippen LogP contribution in [0.2, 0.25) is 0 Å². The summed E-state index contributed by atoms with van der Waals surface area (Å²) in [7, 11) is 0. The molecule has 0 atom stereocenters. The Morgan fingerprint density at radius 2 is 2.80 bits per heavy atom. The van der Waals surface area contributed by atoms with Crippen LogP contribution in [0.4, 0.5) is 0 Å². The minimum Gasteiger partial charge on any atom is -0.289 e. The lowest BCUT2D eigenvalue weighted by atomic mass is 10.3. The number of amides is 1. The van der Waals surface area contributed by atoms with Gasteiger partial charge in [-0.05, 0) is 0 Å². The molecule has 1 aromatic heterocycles. The summed E-state index contributed by atoms with van der Waals surface area (Å²) in [6, 6.07) is 0. The second-order valence-corrected chi connectivity index (χ2v) is 2.30. The number of rotatable bonds is 2. The fourth-order valence-electron chi connectivity index (χ4n) is 0.491. The molecule has 0 aliphatic carbocycles. The number of carbonyl (C=O) groups excluding carboxylic acids is 1. The zero-order chi connectivity index (χ0) is 7.40. The Morgan fingerprint density at radius 3 is 3.30 bits per heavy atom. The number of nitrogens with one attached hydrogen (secondary N) is 1. The summed E-state index contributed by atoms with van der Waals surface area (Å²) in [6.45, 7) is 0. The SMILES string of the molecule is O=C(Cc1cs[c]n1)NO. The van der Waals surface area contributed by atoms with Crippen molar-refractivity contribution in [3.8, 4) is 0 Å². The third-order valence-electron chi connectivity index (χ3n) is 0.903. The van der Waals surface area contributed by atoms with E-state index in [4.69, 9.17) is 5.21 Å². The molecule has 0 fully saturated rings. The van der Waals surface area contributed by atoms with Gasteiger partial charge in [-0.2, -0.15) is 0 Å². The Balaban J connectivity index is 2.48. The van der Waals surface area contributed by atoms with Crippen LogP contribution in [-0.4, -0.2) is 16.1 Å². The maximum Gasteiger partial charge on any atom is 0.249 e. The summed E-state index contributed by atoms with van der Waals surface area (Å²) in [5.41, 5.74) is 4.73. The highest BCUT2D eigenvalue weighted by molar-refractivity contribution is 7.07. The Bertz CT molecular complexity index is 209. The summed E-state index contributed by atoms with van der Waals surface area (Å²) in [5, 5.41) is 9.80. The Hall–Kier alpha value is -0.940. The highest BCUT2D eigenvalue weighted by atomic mass is 32.1. The van der Waals surface area contributed by atoms with Crippen molar-refractivity contribution in [1.82, 2.24) is 10.5 Å². The smallest absolute Gasteiger partial charge is 0.249 e. The molecule has 1 aromatic rings. The molecule has 10 heavy (non-hydrogen) atoms. The normalized spacial score (nSPS) is 9.30. The van der Waals surface area contributed by atoms with Crippen LogP contribution in [-0.2, 0) is 11.2 Å². The van der Waals surface area contributed by atoms with E-state index < -0.39 is 5.91 Å². The van der Waals surface area contributed by atoms with Gasteiger partial charge in [-0.15, -0.1) is 11.3 Å². The lowest BCUT2D eigenvalue weighted by Gasteiger charge is -1.91. The molecule has 0 unspecified atom stereocenters. The van der Waals surface area contributed by atoms with E-state index in [1.165, 1.54) is 16.8 Å². The first-order chi connectivity index (χ1) is 4.83. The van der Waals surface area contributed by atoms with Crippen molar-refractivity contribution in [2.24, 2.45) is 0 Å². The Kier molecular flexibility index (Phi) is 2.35. The van der Waals surface area contributed by atoms with Gasteiger partial charge in [0.25, 0.3) is 0 Å². The molecule has 4 nitrogen and oxygen atoms in total. The molecular formula is C5H5N2O2S. The van der Waals surface area contributed by atoms with Gasteiger partial charge >= 0.3 is 0 Å². The average Bonchev–Trinajstić information content (AvgIpc) is 2.40. The van der Waals surface area contributed by atoms with E-state index in [1.807, 2.05) is 0 Å². The van der Waals surface area contributed by atoms with Crippen molar-refractivity contribution in [1.29, 1.82) is 0 Å². The molecule has 2 N–H and O–H groups in total. The molecular weight excluding hydrogens is 152 g/mol. The lowest BCUT2D eigenvalue weighted by molar-refractivity contribution is -0.128. The monoisotopic (exact) mass is 157 g/mol. The molecule has 0 aliphatic rings. The number of hydrogen-bond donors (Lipinski definition) is 2. The van der Waals surface area contributed by atoms with E-state index >= 15 is 0 Å². The molecule has 1 heterocycles. The summed E-state index contributed by atoms with van der Waals surface area (Å²) in [5.74, 6) is -0.459. The van der Waals surface area contributed by atoms with Gasteiger partial charge < -0.3 is 0 Å². The Morgan fingerprint density at radius 1 is 2.00 bits per heavy atom. The second-order valence-electron chi connectivity index (χ2n) is 1.64. The fourth-order valence-corrected chi connectivity index (χ4v) is 0.986. The minimum atomic E-state index is -0.459. The summed E-state index contributed by atoms with van der Waals surface area (Å²) < 4.78 is 0. The molecule has 0 saturated heterocycles. The first-order valence-electron chi connectivity index (χ1n) is 2.56. The van der Waals surface area contributed by atoms with Gasteiger partial charge in [0.2, 0.25) is 5.91 Å². The molecule has 1 amide bonds. The zero-order valence-electron chi connectivity index (χ0n) is 5.00. The third kappa shape index (κ3) is 1.78. The number of nitrogens with zero attached hydrogens (tertiary/aromatic N) is 1. The fraction of sp³-hybridized carbons (Fsp3) is 0.200. The van der Waals surface area contributed by atoms with Crippen molar-refractivity contribution < 1.29 is 10.0 Å². The standard InChI is InChI=1S/C5H5N2O2S/c8-5(7-9)1-4-2-10-3-6-4/h2,9H,1H2,(H,7,8). The zero-order valence-corrected chi connectivity index (χ0v) is 5.81. The van der Waals surface area contributed by atoms with Gasteiger partial charge in [0.15, 0.2) is 5.51 Å². The molecule has 1 rings (SSSR count). The number of hydrogen-bond acceptors (Lipinski definition) is 4. The third-order valence-corrected chi connectivity index (χ3v) is 1.49. The maximum atomic E-state index is 10.5. The number of aromatic nitrogens is 1. The van der Waals surface area contributed by atoms with Crippen molar-refractivity contribution >= 4 is 17.2 Å². The van der Waals surface area contributed by atoms with Gasteiger partial charge in [0.05, 0.1) is 12.1 Å². The van der Waals surface area contributed by atoms with Crippen molar-refractivity contribution in [2.45, 2.75) is 6.42 Å². The van der Waals surface area contributed by atoms with E-state index in [-0.39, 0.29) is 6.42 Å². The highest BCUT2D eigenvalue weighted by Gasteiger charge is 2.01. The van der Waals surface area contributed by atoms with Gasteiger partial charge in [-0.1, -0.05) is 0 Å². The van der Waals surface area contributed by atoms with Gasteiger partial charge in [-0.25, -0.2) is 10.5 Å². The van der Waals surface area contributed by atoms with Crippen LogP contribution in [0.3, 0.4) is 0 Å². The van der Waals surface area contributed by atoms with Crippen molar-refractivity contribution in [2.75, 3.05) is 0 Å². The number of thiazole rings is 1. The molecule has 0 aliphatic heterocycles. The summed E-state index contributed by atoms with van der Waals surface area (Å²) in [6.07, 6.45) is 0.108. The summed E-state index contributed by atoms with van der Waals surface area (Å²) in [4.78, 5) is 14.2. The van der Waals surface area contributed by atoms with Gasteiger partial charge in [-0.3, -0.25) is 10.0 Å². The van der Waals surface area contributed by atoms with Crippen LogP contribution in [0.25, 0.3) is 0 Å². The average molecular weight is 157 g/mol. The van der Waals surface area contributed by atoms with Crippen LogP contribution in [0.5, 0.6) is 0 Å². The number of hydroxylamine groups is 1. The first kappa shape index (κ1) is 7.17. The minimum absolute atomic E-state index is 0.108. The van der Waals surface area contributed by atoms with E-state index in [0.29, 0.717) is 5.69 Å². The lowest BCUT2D eigenvalue weighted by Crippen LogP contribution is -2.20. The van der Waals surface area contributed by atoms with E-state index in [1.54, 1.807) is 5.38 Å². The topological polar surface area (TPSA) is 62.2 Å².